The van der Waals surface area contributed by atoms with Gasteiger partial charge in [0.2, 0.25) is 5.91 Å². The quantitative estimate of drug-likeness (QED) is 0.238. The summed E-state index contributed by atoms with van der Waals surface area (Å²) in [5.74, 6) is 0.706. The molecule has 1 aromatic carbocycles. The molecule has 31 heavy (non-hydrogen) atoms. The summed E-state index contributed by atoms with van der Waals surface area (Å²) in [5.41, 5.74) is 2.30. The molecule has 2 N–H and O–H groups in total. The lowest BCUT2D eigenvalue weighted by Crippen LogP contribution is -2.49. The van der Waals surface area contributed by atoms with E-state index in [9.17, 15) is 4.79 Å². The minimum atomic E-state index is 0. The van der Waals surface area contributed by atoms with E-state index in [0.717, 1.165) is 44.7 Å². The fraction of sp³-hybridized carbons (Fsp3) is 0.409. The zero-order chi connectivity index (χ0) is 21.2. The van der Waals surface area contributed by atoms with Crippen molar-refractivity contribution in [2.24, 2.45) is 4.99 Å². The second-order valence-electron chi connectivity index (χ2n) is 7.06. The second kappa shape index (κ2) is 13.4. The number of pyridine rings is 1. The van der Waals surface area contributed by atoms with E-state index in [0.29, 0.717) is 17.7 Å². The lowest BCUT2D eigenvalue weighted by atomic mass is 10.2. The fourth-order valence-electron chi connectivity index (χ4n) is 3.32. The molecule has 1 fully saturated rings. The van der Waals surface area contributed by atoms with Crippen molar-refractivity contribution in [3.05, 3.63) is 59.4 Å². The van der Waals surface area contributed by atoms with Crippen LogP contribution < -0.4 is 15.5 Å². The molecule has 1 aromatic heterocycles. The number of hydrogen-bond donors (Lipinski definition) is 2. The summed E-state index contributed by atoms with van der Waals surface area (Å²) in [5, 5.41) is 6.95. The Kier molecular flexibility index (Phi) is 10.9. The van der Waals surface area contributed by atoms with E-state index in [-0.39, 0.29) is 36.4 Å². The van der Waals surface area contributed by atoms with Gasteiger partial charge in [-0.3, -0.25) is 4.79 Å². The van der Waals surface area contributed by atoms with Gasteiger partial charge < -0.3 is 20.4 Å². The lowest BCUT2D eigenvalue weighted by molar-refractivity contribution is -0.129. The molecule has 0 bridgehead atoms. The Morgan fingerprint density at radius 1 is 1.10 bits per heavy atom. The number of amides is 1. The Morgan fingerprint density at radius 2 is 1.84 bits per heavy atom. The SMILES string of the molecule is CCNC(=NCC(=O)N1CCN(c2ccccc2)CC1)NCCc1ccc(Cl)nc1.I. The maximum absolute atomic E-state index is 12.6. The summed E-state index contributed by atoms with van der Waals surface area (Å²) in [6.07, 6.45) is 2.57. The lowest BCUT2D eigenvalue weighted by Gasteiger charge is -2.36. The monoisotopic (exact) mass is 556 g/mol. The van der Waals surface area contributed by atoms with Crippen molar-refractivity contribution in [3.63, 3.8) is 0 Å². The first-order chi connectivity index (χ1) is 14.7. The Labute approximate surface area is 206 Å². The van der Waals surface area contributed by atoms with Gasteiger partial charge in [-0.2, -0.15) is 0 Å². The van der Waals surface area contributed by atoms with Crippen molar-refractivity contribution in [1.82, 2.24) is 20.5 Å². The fourth-order valence-corrected chi connectivity index (χ4v) is 3.43. The van der Waals surface area contributed by atoms with Gasteiger partial charge in [0.15, 0.2) is 5.96 Å². The van der Waals surface area contributed by atoms with E-state index in [1.54, 1.807) is 12.3 Å². The minimum Gasteiger partial charge on any atom is -0.368 e. The standard InChI is InChI=1S/C22H29ClN6O.HI/c1-2-24-22(25-11-10-18-8-9-20(23)26-16-18)27-17-21(30)29-14-12-28(13-15-29)19-6-4-3-5-7-19;/h3-9,16H,2,10-15,17H2,1H3,(H2,24,25,27);1H. The minimum absolute atomic E-state index is 0. The maximum atomic E-state index is 12.6. The summed E-state index contributed by atoms with van der Waals surface area (Å²) >= 11 is 5.82. The van der Waals surface area contributed by atoms with Gasteiger partial charge in [-0.15, -0.1) is 24.0 Å². The number of guanidine groups is 1. The predicted octanol–water partition coefficient (Wildman–Crippen LogP) is 2.80. The van der Waals surface area contributed by atoms with Crippen LogP contribution in [0.2, 0.25) is 5.15 Å². The highest BCUT2D eigenvalue weighted by Crippen LogP contribution is 2.15. The number of anilines is 1. The molecule has 7 nitrogen and oxygen atoms in total. The highest BCUT2D eigenvalue weighted by Gasteiger charge is 2.20. The van der Waals surface area contributed by atoms with Crippen LogP contribution in [0.4, 0.5) is 5.69 Å². The van der Waals surface area contributed by atoms with Crippen molar-refractivity contribution in [2.45, 2.75) is 13.3 Å². The number of aromatic nitrogens is 1. The van der Waals surface area contributed by atoms with Crippen molar-refractivity contribution in [3.8, 4) is 0 Å². The third-order valence-electron chi connectivity index (χ3n) is 4.97. The van der Waals surface area contributed by atoms with Gasteiger partial charge in [0.05, 0.1) is 0 Å². The number of carbonyl (C=O) groups excluding carboxylic acids is 1. The van der Waals surface area contributed by atoms with Crippen LogP contribution in [-0.4, -0.2) is 67.6 Å². The molecule has 2 heterocycles. The number of carbonyl (C=O) groups is 1. The number of rotatable bonds is 7. The molecule has 0 spiro atoms. The number of benzene rings is 1. The van der Waals surface area contributed by atoms with Gasteiger partial charge in [-0.05, 0) is 37.1 Å². The van der Waals surface area contributed by atoms with E-state index < -0.39 is 0 Å². The molecule has 0 saturated carbocycles. The molecule has 9 heteroatoms. The summed E-state index contributed by atoms with van der Waals surface area (Å²) in [4.78, 5) is 25.4. The normalized spacial score (nSPS) is 14.1. The predicted molar refractivity (Wildman–Crippen MR) is 138 cm³/mol. The molecule has 168 valence electrons. The summed E-state index contributed by atoms with van der Waals surface area (Å²) in [6.45, 7) is 6.69. The topological polar surface area (TPSA) is 72.9 Å². The number of aliphatic imine (C=N–C) groups is 1. The Hall–Kier alpha value is -2.07. The number of piperazine rings is 1. The Morgan fingerprint density at radius 3 is 2.48 bits per heavy atom. The molecule has 1 amide bonds. The average molecular weight is 557 g/mol. The maximum Gasteiger partial charge on any atom is 0.244 e. The van der Waals surface area contributed by atoms with Gasteiger partial charge in [-0.1, -0.05) is 35.9 Å². The van der Waals surface area contributed by atoms with Crippen molar-refractivity contribution < 1.29 is 4.79 Å². The summed E-state index contributed by atoms with van der Waals surface area (Å²) in [7, 11) is 0. The first kappa shape index (κ1) is 25.2. The Balaban J connectivity index is 0.00000341. The van der Waals surface area contributed by atoms with Crippen LogP contribution in [0, 0.1) is 0 Å². The van der Waals surface area contributed by atoms with Gasteiger partial charge in [0.25, 0.3) is 0 Å². The third kappa shape index (κ3) is 8.17. The van der Waals surface area contributed by atoms with Gasteiger partial charge in [-0.25, -0.2) is 9.98 Å². The second-order valence-corrected chi connectivity index (χ2v) is 7.45. The van der Waals surface area contributed by atoms with Crippen LogP contribution in [0.5, 0.6) is 0 Å². The zero-order valence-corrected chi connectivity index (χ0v) is 20.8. The molecule has 0 atom stereocenters. The van der Waals surface area contributed by atoms with E-state index in [1.807, 2.05) is 36.1 Å². The van der Waals surface area contributed by atoms with Crippen LogP contribution >= 0.6 is 35.6 Å². The van der Waals surface area contributed by atoms with Crippen LogP contribution in [0.3, 0.4) is 0 Å². The van der Waals surface area contributed by atoms with Crippen molar-refractivity contribution in [2.75, 3.05) is 50.7 Å². The molecule has 1 aliphatic heterocycles. The first-order valence-corrected chi connectivity index (χ1v) is 10.7. The zero-order valence-electron chi connectivity index (χ0n) is 17.8. The smallest absolute Gasteiger partial charge is 0.244 e. The van der Waals surface area contributed by atoms with E-state index in [2.05, 4.69) is 37.6 Å². The van der Waals surface area contributed by atoms with E-state index in [1.165, 1.54) is 5.69 Å². The van der Waals surface area contributed by atoms with Crippen molar-refractivity contribution >= 4 is 53.1 Å². The largest absolute Gasteiger partial charge is 0.368 e. The van der Waals surface area contributed by atoms with E-state index >= 15 is 0 Å². The number of hydrogen-bond acceptors (Lipinski definition) is 4. The van der Waals surface area contributed by atoms with Gasteiger partial charge in [0.1, 0.15) is 11.7 Å². The molecule has 3 rings (SSSR count). The van der Waals surface area contributed by atoms with Gasteiger partial charge in [0, 0.05) is 51.2 Å². The Bertz CT molecular complexity index is 826. The molecule has 2 aromatic rings. The molecular weight excluding hydrogens is 527 g/mol. The molecule has 1 aliphatic rings. The number of nitrogens with one attached hydrogen (secondary N) is 2. The van der Waals surface area contributed by atoms with Gasteiger partial charge >= 0.3 is 0 Å². The number of para-hydroxylation sites is 1. The molecule has 1 saturated heterocycles. The van der Waals surface area contributed by atoms with Crippen LogP contribution in [0.1, 0.15) is 12.5 Å². The third-order valence-corrected chi connectivity index (χ3v) is 5.19. The number of nitrogens with zero attached hydrogens (tertiary/aromatic N) is 4. The number of halogens is 2. The summed E-state index contributed by atoms with van der Waals surface area (Å²) < 4.78 is 0. The average Bonchev–Trinajstić information content (AvgIpc) is 2.79. The highest BCUT2D eigenvalue weighted by molar-refractivity contribution is 14.0. The van der Waals surface area contributed by atoms with Crippen LogP contribution in [0.25, 0.3) is 0 Å². The molecule has 0 radical (unpaired) electrons. The molecule has 0 unspecified atom stereocenters. The summed E-state index contributed by atoms with van der Waals surface area (Å²) in [6, 6.07) is 14.1. The first-order valence-electron chi connectivity index (χ1n) is 10.4. The van der Waals surface area contributed by atoms with E-state index in [4.69, 9.17) is 11.6 Å². The van der Waals surface area contributed by atoms with Crippen LogP contribution in [-0.2, 0) is 11.2 Å². The molecular formula is C22H30ClIN6O. The highest BCUT2D eigenvalue weighted by atomic mass is 127. The molecule has 0 aliphatic carbocycles. The van der Waals surface area contributed by atoms with Crippen LogP contribution in [0.15, 0.2) is 53.7 Å². The van der Waals surface area contributed by atoms with Crippen molar-refractivity contribution in [1.29, 1.82) is 0 Å².